The number of nitrogens with zero attached hydrogens (tertiary/aromatic N) is 2. The van der Waals surface area contributed by atoms with Crippen LogP contribution >= 0.6 is 0 Å². The Kier molecular flexibility index (Phi) is 5.16. The van der Waals surface area contributed by atoms with Crippen molar-refractivity contribution in [1.82, 2.24) is 14.9 Å². The first kappa shape index (κ1) is 17.2. The summed E-state index contributed by atoms with van der Waals surface area (Å²) in [6.45, 7) is 3.26. The molecule has 25 heavy (non-hydrogen) atoms. The lowest BCUT2D eigenvalue weighted by Gasteiger charge is -2.40. The summed E-state index contributed by atoms with van der Waals surface area (Å²) >= 11 is 0. The van der Waals surface area contributed by atoms with E-state index in [0.717, 1.165) is 11.3 Å². The molecule has 2 aromatic rings. The summed E-state index contributed by atoms with van der Waals surface area (Å²) in [5.41, 5.74) is 1.10. The van der Waals surface area contributed by atoms with E-state index in [1.807, 2.05) is 42.2 Å². The molecule has 0 spiro atoms. The number of hydrogen-bond acceptors (Lipinski definition) is 4. The number of likely N-dealkylation sites (tertiary alicyclic amines) is 1. The topological polar surface area (TPSA) is 75.3 Å². The van der Waals surface area contributed by atoms with Gasteiger partial charge < -0.3 is 14.6 Å². The average Bonchev–Trinajstić information content (AvgIpc) is 3.15. The second-order valence-corrected chi connectivity index (χ2v) is 6.30. The predicted molar refractivity (Wildman–Crippen MR) is 92.9 cm³/mol. The molecule has 6 nitrogen and oxygen atoms in total. The average molecular weight is 341 g/mol. The normalized spacial score (nSPS) is 16.4. The fourth-order valence-corrected chi connectivity index (χ4v) is 3.43. The number of carbonyl (C=O) groups excluding carboxylic acids is 2. The Bertz CT molecular complexity index is 705. The molecule has 1 amide bonds. The van der Waals surface area contributed by atoms with Crippen molar-refractivity contribution in [3.05, 3.63) is 54.1 Å². The van der Waals surface area contributed by atoms with Crippen LogP contribution in [0.4, 0.5) is 0 Å². The van der Waals surface area contributed by atoms with Crippen molar-refractivity contribution < 1.29 is 14.3 Å². The molecule has 6 heteroatoms. The lowest BCUT2D eigenvalue weighted by atomic mass is 9.72. The molecule has 2 heterocycles. The number of aromatic nitrogens is 2. The number of carbonyl (C=O) groups is 2. The lowest BCUT2D eigenvalue weighted by Crippen LogP contribution is -2.50. The first-order chi connectivity index (χ1) is 12.2. The van der Waals surface area contributed by atoms with E-state index in [1.54, 1.807) is 12.5 Å². The third-order valence-corrected chi connectivity index (χ3v) is 4.86. The van der Waals surface area contributed by atoms with Crippen molar-refractivity contribution in [2.24, 2.45) is 0 Å². The molecule has 1 aliphatic heterocycles. The van der Waals surface area contributed by atoms with Crippen molar-refractivity contribution in [2.45, 2.75) is 31.6 Å². The van der Waals surface area contributed by atoms with Gasteiger partial charge in [-0.05, 0) is 25.3 Å². The minimum Gasteiger partial charge on any atom is -0.465 e. The van der Waals surface area contributed by atoms with E-state index in [9.17, 15) is 9.59 Å². The molecule has 1 aromatic carbocycles. The Hall–Kier alpha value is -2.63. The molecule has 0 bridgehead atoms. The van der Waals surface area contributed by atoms with E-state index >= 15 is 0 Å². The van der Waals surface area contributed by atoms with Gasteiger partial charge in [-0.3, -0.25) is 9.59 Å². The molecule has 1 saturated heterocycles. The zero-order chi connectivity index (χ0) is 17.7. The maximum absolute atomic E-state index is 12.7. The second kappa shape index (κ2) is 7.51. The van der Waals surface area contributed by atoms with Gasteiger partial charge in [0.15, 0.2) is 0 Å². The highest BCUT2D eigenvalue weighted by molar-refractivity contribution is 5.84. The standard InChI is InChI=1S/C19H23N3O3/c1-2-25-18(24)19(15-6-4-3-5-7-15)8-10-22(11-9-19)17(23)12-16-13-20-14-21-16/h3-7,13-14H,2,8-12H2,1H3,(H,20,21). The van der Waals surface area contributed by atoms with E-state index in [2.05, 4.69) is 9.97 Å². The van der Waals surface area contributed by atoms with Crippen LogP contribution in [-0.4, -0.2) is 46.4 Å². The smallest absolute Gasteiger partial charge is 0.316 e. The van der Waals surface area contributed by atoms with Crippen LogP contribution < -0.4 is 0 Å². The molecule has 0 unspecified atom stereocenters. The van der Waals surface area contributed by atoms with Crippen molar-refractivity contribution in [1.29, 1.82) is 0 Å². The molecule has 132 valence electrons. The van der Waals surface area contributed by atoms with Gasteiger partial charge in [0.2, 0.25) is 5.91 Å². The van der Waals surface area contributed by atoms with Crippen LogP contribution in [-0.2, 0) is 26.2 Å². The number of esters is 1. The van der Waals surface area contributed by atoms with Crippen molar-refractivity contribution in [3.63, 3.8) is 0 Å². The Morgan fingerprint density at radius 3 is 2.56 bits per heavy atom. The first-order valence-electron chi connectivity index (χ1n) is 8.63. The third kappa shape index (κ3) is 3.57. The Morgan fingerprint density at radius 1 is 1.24 bits per heavy atom. The van der Waals surface area contributed by atoms with E-state index < -0.39 is 5.41 Å². The summed E-state index contributed by atoms with van der Waals surface area (Å²) in [5.74, 6) is -0.142. The number of benzene rings is 1. The van der Waals surface area contributed by atoms with Gasteiger partial charge >= 0.3 is 5.97 Å². The first-order valence-corrected chi connectivity index (χ1v) is 8.63. The van der Waals surface area contributed by atoms with Crippen LogP contribution in [0.25, 0.3) is 0 Å². The van der Waals surface area contributed by atoms with Gasteiger partial charge in [0.1, 0.15) is 0 Å². The SMILES string of the molecule is CCOC(=O)C1(c2ccccc2)CCN(C(=O)Cc2cnc[nH]2)CC1. The maximum atomic E-state index is 12.7. The van der Waals surface area contributed by atoms with Crippen LogP contribution in [0.3, 0.4) is 0 Å². The largest absolute Gasteiger partial charge is 0.465 e. The number of rotatable bonds is 5. The zero-order valence-electron chi connectivity index (χ0n) is 14.4. The van der Waals surface area contributed by atoms with E-state index in [-0.39, 0.29) is 11.9 Å². The number of hydrogen-bond donors (Lipinski definition) is 1. The molecular weight excluding hydrogens is 318 g/mol. The number of H-pyrrole nitrogens is 1. The molecule has 1 aromatic heterocycles. The van der Waals surface area contributed by atoms with Crippen LogP contribution in [0.5, 0.6) is 0 Å². The summed E-state index contributed by atoms with van der Waals surface area (Å²) in [5, 5.41) is 0. The van der Waals surface area contributed by atoms with Crippen molar-refractivity contribution >= 4 is 11.9 Å². The highest BCUT2D eigenvalue weighted by Gasteiger charge is 2.44. The predicted octanol–water partition coefficient (Wildman–Crippen LogP) is 2.08. The number of piperidine rings is 1. The number of amides is 1. The summed E-state index contributed by atoms with van der Waals surface area (Å²) in [4.78, 5) is 33.9. The molecule has 3 rings (SSSR count). The van der Waals surface area contributed by atoms with Gasteiger partial charge in [-0.15, -0.1) is 0 Å². The Morgan fingerprint density at radius 2 is 1.96 bits per heavy atom. The number of ether oxygens (including phenoxy) is 1. The summed E-state index contributed by atoms with van der Waals surface area (Å²) in [7, 11) is 0. The van der Waals surface area contributed by atoms with E-state index in [0.29, 0.717) is 39.0 Å². The molecule has 1 fully saturated rings. The molecular formula is C19H23N3O3. The fourth-order valence-electron chi connectivity index (χ4n) is 3.43. The molecule has 1 N–H and O–H groups in total. The number of aromatic amines is 1. The van der Waals surface area contributed by atoms with Crippen molar-refractivity contribution in [2.75, 3.05) is 19.7 Å². The third-order valence-electron chi connectivity index (χ3n) is 4.86. The van der Waals surface area contributed by atoms with Crippen LogP contribution in [0.1, 0.15) is 31.0 Å². The van der Waals surface area contributed by atoms with E-state index in [4.69, 9.17) is 4.74 Å². The van der Waals surface area contributed by atoms with Crippen LogP contribution in [0.15, 0.2) is 42.9 Å². The summed E-state index contributed by atoms with van der Waals surface area (Å²) < 4.78 is 5.36. The summed E-state index contributed by atoms with van der Waals surface area (Å²) in [6.07, 6.45) is 4.68. The number of imidazole rings is 1. The minimum absolute atomic E-state index is 0.0507. The number of nitrogens with one attached hydrogen (secondary N) is 1. The van der Waals surface area contributed by atoms with Crippen LogP contribution in [0.2, 0.25) is 0 Å². The lowest BCUT2D eigenvalue weighted by molar-refractivity contribution is -0.154. The van der Waals surface area contributed by atoms with Gasteiger partial charge in [0.25, 0.3) is 0 Å². The minimum atomic E-state index is -0.665. The van der Waals surface area contributed by atoms with Crippen molar-refractivity contribution in [3.8, 4) is 0 Å². The monoisotopic (exact) mass is 341 g/mol. The molecule has 0 radical (unpaired) electrons. The van der Waals surface area contributed by atoms with Gasteiger partial charge in [-0.1, -0.05) is 30.3 Å². The highest BCUT2D eigenvalue weighted by atomic mass is 16.5. The van der Waals surface area contributed by atoms with E-state index in [1.165, 1.54) is 0 Å². The zero-order valence-corrected chi connectivity index (χ0v) is 14.4. The molecule has 1 aliphatic rings. The quantitative estimate of drug-likeness (QED) is 0.845. The molecule has 0 saturated carbocycles. The molecule has 0 atom stereocenters. The Balaban J connectivity index is 1.73. The van der Waals surface area contributed by atoms with Crippen LogP contribution in [0, 0.1) is 0 Å². The Labute approximate surface area is 147 Å². The maximum Gasteiger partial charge on any atom is 0.316 e. The van der Waals surface area contributed by atoms with Gasteiger partial charge in [-0.25, -0.2) is 4.98 Å². The second-order valence-electron chi connectivity index (χ2n) is 6.30. The molecule has 0 aliphatic carbocycles. The van der Waals surface area contributed by atoms with Gasteiger partial charge in [0, 0.05) is 25.0 Å². The summed E-state index contributed by atoms with van der Waals surface area (Å²) in [6, 6.07) is 9.75. The van der Waals surface area contributed by atoms with Gasteiger partial charge in [0.05, 0.1) is 24.8 Å². The fraction of sp³-hybridized carbons (Fsp3) is 0.421. The highest BCUT2D eigenvalue weighted by Crippen LogP contribution is 2.37. The van der Waals surface area contributed by atoms with Gasteiger partial charge in [-0.2, -0.15) is 0 Å².